The van der Waals surface area contributed by atoms with Crippen molar-refractivity contribution in [1.29, 1.82) is 0 Å². The van der Waals surface area contributed by atoms with Crippen LogP contribution in [0.2, 0.25) is 0 Å². The molecule has 1 aliphatic rings. The molecule has 1 N–H and O–H groups in total. The molecule has 0 spiro atoms. The van der Waals surface area contributed by atoms with E-state index in [2.05, 4.69) is 17.9 Å². The maximum atomic E-state index is 10.7. The van der Waals surface area contributed by atoms with Gasteiger partial charge in [0.1, 0.15) is 0 Å². The van der Waals surface area contributed by atoms with Crippen LogP contribution in [0.3, 0.4) is 0 Å². The highest BCUT2D eigenvalue weighted by Gasteiger charge is 2.18. The Morgan fingerprint density at radius 2 is 2.09 bits per heavy atom. The second-order valence-electron chi connectivity index (χ2n) is 3.21. The zero-order chi connectivity index (χ0) is 8.27. The maximum absolute atomic E-state index is 10.7. The van der Waals surface area contributed by atoms with Gasteiger partial charge in [0, 0.05) is 6.04 Å². The first-order valence-corrected chi connectivity index (χ1v) is 4.63. The molecule has 2 nitrogen and oxygen atoms in total. The van der Waals surface area contributed by atoms with Crippen molar-refractivity contribution in [3.8, 4) is 0 Å². The molecule has 1 rings (SSSR count). The third-order valence-corrected chi connectivity index (χ3v) is 2.60. The summed E-state index contributed by atoms with van der Waals surface area (Å²) in [5, 5.41) is 3.19. The maximum Gasteiger partial charge on any atom is 0.202 e. The van der Waals surface area contributed by atoms with Crippen molar-refractivity contribution in [3.05, 3.63) is 0 Å². The molecular formula is C8H15NOS. The van der Waals surface area contributed by atoms with Gasteiger partial charge in [0.05, 0.1) is 6.04 Å². The van der Waals surface area contributed by atoms with Crippen LogP contribution in [0.4, 0.5) is 0 Å². The molecule has 0 radical (unpaired) electrons. The van der Waals surface area contributed by atoms with Crippen LogP contribution in [0.25, 0.3) is 0 Å². The molecule has 1 unspecified atom stereocenters. The van der Waals surface area contributed by atoms with Gasteiger partial charge in [-0.1, -0.05) is 12.8 Å². The van der Waals surface area contributed by atoms with E-state index in [-0.39, 0.29) is 11.2 Å². The summed E-state index contributed by atoms with van der Waals surface area (Å²) < 4.78 is 0. The quantitative estimate of drug-likeness (QED) is 0.631. The minimum atomic E-state index is -0.0820. The monoisotopic (exact) mass is 173 g/mol. The normalized spacial score (nSPS) is 22.0. The second kappa shape index (κ2) is 4.12. The van der Waals surface area contributed by atoms with Gasteiger partial charge in [0.2, 0.25) is 5.12 Å². The Labute approximate surface area is 73.2 Å². The molecule has 11 heavy (non-hydrogen) atoms. The molecule has 3 heteroatoms. The third kappa shape index (κ3) is 2.83. The molecule has 0 aromatic carbocycles. The van der Waals surface area contributed by atoms with Crippen molar-refractivity contribution in [3.63, 3.8) is 0 Å². The van der Waals surface area contributed by atoms with Crippen LogP contribution in [-0.4, -0.2) is 17.2 Å². The van der Waals surface area contributed by atoms with Crippen LogP contribution in [0, 0.1) is 0 Å². The molecule has 0 saturated heterocycles. The highest BCUT2D eigenvalue weighted by molar-refractivity contribution is 7.96. The minimum absolute atomic E-state index is 0.0584. The Morgan fingerprint density at radius 3 is 2.55 bits per heavy atom. The fraction of sp³-hybridized carbons (Fsp3) is 0.875. The predicted octanol–water partition coefficient (Wildman–Crippen LogP) is 1.36. The Morgan fingerprint density at radius 1 is 1.55 bits per heavy atom. The van der Waals surface area contributed by atoms with Crippen molar-refractivity contribution in [2.45, 2.75) is 44.7 Å². The fourth-order valence-corrected chi connectivity index (χ4v) is 1.59. The van der Waals surface area contributed by atoms with Crippen molar-refractivity contribution in [2.75, 3.05) is 0 Å². The van der Waals surface area contributed by atoms with E-state index in [0.717, 1.165) is 0 Å². The molecule has 64 valence electrons. The molecule has 1 atom stereocenters. The number of carbonyl (C=O) groups excluding carboxylic acids is 1. The summed E-state index contributed by atoms with van der Waals surface area (Å²) >= 11 is 3.76. The Hall–Kier alpha value is -0.0200. The Balaban J connectivity index is 2.23. The van der Waals surface area contributed by atoms with E-state index in [1.807, 2.05) is 6.92 Å². The largest absolute Gasteiger partial charge is 0.304 e. The van der Waals surface area contributed by atoms with E-state index in [1.54, 1.807) is 0 Å². The lowest BCUT2D eigenvalue weighted by molar-refractivity contribution is -0.112. The first-order chi connectivity index (χ1) is 5.20. The lowest BCUT2D eigenvalue weighted by Gasteiger charge is -2.15. The van der Waals surface area contributed by atoms with Crippen LogP contribution in [0.5, 0.6) is 0 Å². The summed E-state index contributed by atoms with van der Waals surface area (Å²) in [5.74, 6) is 0. The Kier molecular flexibility index (Phi) is 3.40. The van der Waals surface area contributed by atoms with Crippen LogP contribution >= 0.6 is 12.6 Å². The molecule has 1 aliphatic carbocycles. The number of nitrogens with one attached hydrogen (secondary N) is 1. The van der Waals surface area contributed by atoms with Gasteiger partial charge in [0.15, 0.2) is 0 Å². The van der Waals surface area contributed by atoms with E-state index < -0.39 is 0 Å². The van der Waals surface area contributed by atoms with Crippen LogP contribution in [0.1, 0.15) is 32.6 Å². The molecule has 0 heterocycles. The van der Waals surface area contributed by atoms with Crippen LogP contribution in [-0.2, 0) is 4.79 Å². The number of hydrogen-bond donors (Lipinski definition) is 2. The molecule has 0 aliphatic heterocycles. The molecular weight excluding hydrogens is 158 g/mol. The average molecular weight is 173 g/mol. The number of thiol groups is 1. The first-order valence-electron chi connectivity index (χ1n) is 4.19. The second-order valence-corrected chi connectivity index (χ2v) is 3.65. The molecule has 0 aromatic rings. The van der Waals surface area contributed by atoms with E-state index in [9.17, 15) is 4.79 Å². The van der Waals surface area contributed by atoms with Gasteiger partial charge >= 0.3 is 0 Å². The smallest absolute Gasteiger partial charge is 0.202 e. The van der Waals surface area contributed by atoms with Gasteiger partial charge in [-0.15, -0.1) is 12.6 Å². The fourth-order valence-electron chi connectivity index (χ4n) is 1.52. The Bertz CT molecular complexity index is 143. The van der Waals surface area contributed by atoms with Gasteiger partial charge in [0.25, 0.3) is 0 Å². The summed E-state index contributed by atoms with van der Waals surface area (Å²) in [5.41, 5.74) is 0. The molecule has 0 amide bonds. The summed E-state index contributed by atoms with van der Waals surface area (Å²) in [6, 6.07) is 0.475. The highest BCUT2D eigenvalue weighted by Crippen LogP contribution is 2.18. The van der Waals surface area contributed by atoms with Gasteiger partial charge in [-0.25, -0.2) is 0 Å². The average Bonchev–Trinajstić information content (AvgIpc) is 2.39. The summed E-state index contributed by atoms with van der Waals surface area (Å²) in [6.45, 7) is 1.87. The zero-order valence-corrected chi connectivity index (χ0v) is 7.73. The van der Waals surface area contributed by atoms with Crippen molar-refractivity contribution in [1.82, 2.24) is 5.32 Å². The highest BCUT2D eigenvalue weighted by atomic mass is 32.1. The van der Waals surface area contributed by atoms with Gasteiger partial charge < -0.3 is 5.32 Å². The summed E-state index contributed by atoms with van der Waals surface area (Å²) in [7, 11) is 0. The molecule has 0 aromatic heterocycles. The topological polar surface area (TPSA) is 29.1 Å². The number of hydrogen-bond acceptors (Lipinski definition) is 2. The van der Waals surface area contributed by atoms with E-state index in [1.165, 1.54) is 25.7 Å². The molecule has 0 bridgehead atoms. The zero-order valence-electron chi connectivity index (χ0n) is 6.84. The summed E-state index contributed by atoms with van der Waals surface area (Å²) in [6.07, 6.45) is 5.02. The van der Waals surface area contributed by atoms with Gasteiger partial charge in [-0.05, 0) is 19.8 Å². The first kappa shape index (κ1) is 9.07. The standard InChI is InChI=1S/C8H15NOS/c1-6(8(10)11)9-7-4-2-3-5-7/h6-7,9H,2-5H2,1H3,(H,10,11). The van der Waals surface area contributed by atoms with Gasteiger partial charge in [-0.3, -0.25) is 4.79 Å². The van der Waals surface area contributed by atoms with Gasteiger partial charge in [-0.2, -0.15) is 0 Å². The lowest BCUT2D eigenvalue weighted by Crippen LogP contribution is -2.38. The molecule has 1 saturated carbocycles. The lowest BCUT2D eigenvalue weighted by atomic mass is 10.2. The minimum Gasteiger partial charge on any atom is -0.304 e. The van der Waals surface area contributed by atoms with Crippen LogP contribution in [0.15, 0.2) is 0 Å². The predicted molar refractivity (Wildman–Crippen MR) is 48.8 cm³/mol. The molecule has 1 fully saturated rings. The summed E-state index contributed by atoms with van der Waals surface area (Å²) in [4.78, 5) is 10.7. The third-order valence-electron chi connectivity index (χ3n) is 2.21. The number of rotatable bonds is 3. The van der Waals surface area contributed by atoms with Crippen molar-refractivity contribution in [2.24, 2.45) is 0 Å². The van der Waals surface area contributed by atoms with Crippen LogP contribution < -0.4 is 5.32 Å². The van der Waals surface area contributed by atoms with E-state index >= 15 is 0 Å². The van der Waals surface area contributed by atoms with E-state index in [0.29, 0.717) is 6.04 Å². The van der Waals surface area contributed by atoms with E-state index in [4.69, 9.17) is 0 Å². The van der Waals surface area contributed by atoms with Crippen molar-refractivity contribution >= 4 is 17.7 Å². The van der Waals surface area contributed by atoms with Crippen molar-refractivity contribution < 1.29 is 4.79 Å². The SMILES string of the molecule is CC(NC1CCCC1)C(=O)S. The number of carbonyl (C=O) groups is 1.